The first-order valence-corrected chi connectivity index (χ1v) is 7.84. The van der Waals surface area contributed by atoms with Gasteiger partial charge in [-0.25, -0.2) is 4.98 Å². The Bertz CT molecular complexity index is 654. The number of hydrogen-bond acceptors (Lipinski definition) is 7. The molecule has 0 atom stereocenters. The lowest BCUT2D eigenvalue weighted by Gasteiger charge is -2.22. The van der Waals surface area contributed by atoms with Crippen molar-refractivity contribution in [2.24, 2.45) is 0 Å². The van der Waals surface area contributed by atoms with Gasteiger partial charge < -0.3 is 4.90 Å². The first-order chi connectivity index (χ1) is 10.5. The van der Waals surface area contributed by atoms with E-state index in [0.717, 1.165) is 35.7 Å². The maximum atomic E-state index is 10.6. The molecule has 2 rings (SSSR count). The maximum Gasteiger partial charge on any atom is 0.345 e. The molecule has 2 N–H and O–H groups in total. The highest BCUT2D eigenvalue weighted by Gasteiger charge is 2.11. The molecular formula is C14H19N5O2S. The molecule has 1 heterocycles. The van der Waals surface area contributed by atoms with E-state index in [1.165, 1.54) is 11.9 Å². The third-order valence-corrected chi connectivity index (χ3v) is 4.18. The summed E-state index contributed by atoms with van der Waals surface area (Å²) >= 11 is 0.989. The third-order valence-electron chi connectivity index (χ3n) is 3.32. The summed E-state index contributed by atoms with van der Waals surface area (Å²) in [6, 6.07) is 6.15. The van der Waals surface area contributed by atoms with Gasteiger partial charge in [-0.3, -0.25) is 21.0 Å². The second kappa shape index (κ2) is 7.08. The van der Waals surface area contributed by atoms with Crippen LogP contribution in [-0.4, -0.2) is 23.0 Å². The first kappa shape index (κ1) is 16.0. The predicted molar refractivity (Wildman–Crippen MR) is 90.8 cm³/mol. The minimum atomic E-state index is -0.451. The van der Waals surface area contributed by atoms with Crippen LogP contribution in [0.3, 0.4) is 0 Å². The molecular weight excluding hydrogens is 302 g/mol. The fourth-order valence-corrected chi connectivity index (χ4v) is 2.69. The predicted octanol–water partition coefficient (Wildman–Crippen LogP) is 3.64. The van der Waals surface area contributed by atoms with Crippen molar-refractivity contribution in [2.45, 2.75) is 20.8 Å². The Hall–Kier alpha value is -2.35. The average Bonchev–Trinajstić information content (AvgIpc) is 2.97. The minimum Gasteiger partial charge on any atom is -0.372 e. The molecule has 2 aromatic rings. The Labute approximate surface area is 133 Å². The van der Waals surface area contributed by atoms with Gasteiger partial charge in [0.05, 0.1) is 10.6 Å². The number of benzene rings is 1. The van der Waals surface area contributed by atoms with Crippen molar-refractivity contribution < 1.29 is 4.92 Å². The number of hydrogen-bond donors (Lipinski definition) is 2. The van der Waals surface area contributed by atoms with Gasteiger partial charge in [0.15, 0.2) is 0 Å². The Morgan fingerprint density at radius 2 is 2.05 bits per heavy atom. The monoisotopic (exact) mass is 321 g/mol. The van der Waals surface area contributed by atoms with E-state index in [-0.39, 0.29) is 5.00 Å². The van der Waals surface area contributed by atoms with E-state index in [9.17, 15) is 10.1 Å². The summed E-state index contributed by atoms with van der Waals surface area (Å²) in [6.45, 7) is 8.19. The molecule has 0 bridgehead atoms. The molecule has 0 aliphatic heterocycles. The highest BCUT2D eigenvalue weighted by atomic mass is 32.1. The van der Waals surface area contributed by atoms with Crippen molar-refractivity contribution in [1.29, 1.82) is 0 Å². The van der Waals surface area contributed by atoms with Crippen LogP contribution in [0.4, 0.5) is 21.5 Å². The Kier molecular flexibility index (Phi) is 5.16. The molecule has 8 heteroatoms. The van der Waals surface area contributed by atoms with Gasteiger partial charge in [-0.2, -0.15) is 0 Å². The lowest BCUT2D eigenvalue weighted by Crippen LogP contribution is -2.22. The van der Waals surface area contributed by atoms with Crippen LogP contribution in [0.5, 0.6) is 0 Å². The lowest BCUT2D eigenvalue weighted by atomic mass is 10.1. The number of thiazole rings is 1. The highest BCUT2D eigenvalue weighted by molar-refractivity contribution is 7.18. The second-order valence-corrected chi connectivity index (χ2v) is 5.69. The highest BCUT2D eigenvalue weighted by Crippen LogP contribution is 2.26. The Balaban J connectivity index is 2.05. The van der Waals surface area contributed by atoms with Gasteiger partial charge in [0, 0.05) is 18.8 Å². The SMILES string of the molecule is CCN(CC)c1ccc(NNc2ncc([N+](=O)[O-])s2)c(C)c1. The van der Waals surface area contributed by atoms with E-state index in [1.807, 2.05) is 19.1 Å². The molecule has 0 saturated carbocycles. The first-order valence-electron chi connectivity index (χ1n) is 7.03. The van der Waals surface area contributed by atoms with Crippen LogP contribution in [0.25, 0.3) is 0 Å². The van der Waals surface area contributed by atoms with Crippen LogP contribution in [0.15, 0.2) is 24.4 Å². The molecule has 0 unspecified atom stereocenters. The largest absolute Gasteiger partial charge is 0.372 e. The molecule has 1 aromatic heterocycles. The summed E-state index contributed by atoms with van der Waals surface area (Å²) < 4.78 is 0. The topological polar surface area (TPSA) is 83.3 Å². The Morgan fingerprint density at radius 1 is 1.32 bits per heavy atom. The van der Waals surface area contributed by atoms with E-state index in [1.54, 1.807) is 0 Å². The molecule has 0 spiro atoms. The second-order valence-electron chi connectivity index (χ2n) is 4.68. The molecule has 0 aliphatic rings. The van der Waals surface area contributed by atoms with Crippen molar-refractivity contribution in [3.63, 3.8) is 0 Å². The van der Waals surface area contributed by atoms with Crippen LogP contribution in [-0.2, 0) is 0 Å². The number of anilines is 3. The molecule has 118 valence electrons. The lowest BCUT2D eigenvalue weighted by molar-refractivity contribution is -0.380. The molecule has 0 radical (unpaired) electrons. The van der Waals surface area contributed by atoms with Crippen molar-refractivity contribution >= 4 is 32.8 Å². The zero-order valence-corrected chi connectivity index (χ0v) is 13.6. The maximum absolute atomic E-state index is 10.6. The van der Waals surface area contributed by atoms with Crippen molar-refractivity contribution in [2.75, 3.05) is 28.8 Å². The van der Waals surface area contributed by atoms with Gasteiger partial charge in [0.2, 0.25) is 5.13 Å². The van der Waals surface area contributed by atoms with Crippen LogP contribution in [0.1, 0.15) is 19.4 Å². The van der Waals surface area contributed by atoms with Crippen LogP contribution in [0, 0.1) is 17.0 Å². The zero-order valence-electron chi connectivity index (χ0n) is 12.8. The quantitative estimate of drug-likeness (QED) is 0.598. The van der Waals surface area contributed by atoms with E-state index in [0.29, 0.717) is 5.13 Å². The van der Waals surface area contributed by atoms with Gasteiger partial charge >= 0.3 is 5.00 Å². The van der Waals surface area contributed by atoms with E-state index in [4.69, 9.17) is 0 Å². The average molecular weight is 321 g/mol. The fraction of sp³-hybridized carbons (Fsp3) is 0.357. The smallest absolute Gasteiger partial charge is 0.345 e. The van der Waals surface area contributed by atoms with Gasteiger partial charge in [0.1, 0.15) is 6.20 Å². The van der Waals surface area contributed by atoms with Gasteiger partial charge in [-0.15, -0.1) is 0 Å². The number of aromatic nitrogens is 1. The zero-order chi connectivity index (χ0) is 16.1. The number of nitrogens with zero attached hydrogens (tertiary/aromatic N) is 3. The van der Waals surface area contributed by atoms with E-state index < -0.39 is 4.92 Å². The Morgan fingerprint density at radius 3 is 2.59 bits per heavy atom. The number of rotatable bonds is 7. The summed E-state index contributed by atoms with van der Waals surface area (Å²) in [5.74, 6) is 0. The van der Waals surface area contributed by atoms with Crippen LogP contribution >= 0.6 is 11.3 Å². The standard InChI is InChI=1S/C14H19N5O2S/c1-4-18(5-2)11-6-7-12(10(3)8-11)16-17-14-15-9-13(22-14)19(20)21/h6-9,16H,4-5H2,1-3H3,(H,15,17). The van der Waals surface area contributed by atoms with Gasteiger partial charge in [0.25, 0.3) is 0 Å². The summed E-state index contributed by atoms with van der Waals surface area (Å²) in [4.78, 5) is 16.4. The minimum absolute atomic E-state index is 0.0119. The number of aryl methyl sites for hydroxylation is 1. The van der Waals surface area contributed by atoms with Crippen LogP contribution in [0.2, 0.25) is 0 Å². The molecule has 1 aromatic carbocycles. The number of nitrogens with one attached hydrogen (secondary N) is 2. The molecule has 0 aliphatic carbocycles. The van der Waals surface area contributed by atoms with Crippen molar-refractivity contribution in [3.8, 4) is 0 Å². The van der Waals surface area contributed by atoms with Crippen LogP contribution < -0.4 is 15.8 Å². The van der Waals surface area contributed by atoms with Crippen molar-refractivity contribution in [3.05, 3.63) is 40.1 Å². The van der Waals surface area contributed by atoms with E-state index in [2.05, 4.69) is 40.6 Å². The normalized spacial score (nSPS) is 10.3. The van der Waals surface area contributed by atoms with Gasteiger partial charge in [-0.05, 0) is 55.9 Å². The van der Waals surface area contributed by atoms with Crippen molar-refractivity contribution in [1.82, 2.24) is 4.98 Å². The third kappa shape index (κ3) is 3.64. The van der Waals surface area contributed by atoms with E-state index >= 15 is 0 Å². The molecule has 0 saturated heterocycles. The van der Waals surface area contributed by atoms with Gasteiger partial charge in [-0.1, -0.05) is 0 Å². The molecule has 0 amide bonds. The summed E-state index contributed by atoms with van der Waals surface area (Å²) in [5, 5.41) is 11.1. The molecule has 0 fully saturated rings. The fourth-order valence-electron chi connectivity index (χ4n) is 2.10. The summed E-state index contributed by atoms with van der Waals surface area (Å²) in [7, 11) is 0. The number of hydrazine groups is 1. The number of nitro groups is 1. The summed E-state index contributed by atoms with van der Waals surface area (Å²) in [6.07, 6.45) is 1.24. The molecule has 22 heavy (non-hydrogen) atoms. The molecule has 7 nitrogen and oxygen atoms in total. The summed E-state index contributed by atoms with van der Waals surface area (Å²) in [5.41, 5.74) is 9.11.